The van der Waals surface area contributed by atoms with Crippen molar-refractivity contribution in [2.45, 2.75) is 13.0 Å². The summed E-state index contributed by atoms with van der Waals surface area (Å²) in [5.74, 6) is 1.34. The van der Waals surface area contributed by atoms with Crippen LogP contribution in [0.3, 0.4) is 0 Å². The third-order valence-electron chi connectivity index (χ3n) is 4.86. The third-order valence-corrected chi connectivity index (χ3v) is 6.07. The maximum Gasteiger partial charge on any atom is 0.264 e. The van der Waals surface area contributed by atoms with Crippen molar-refractivity contribution in [1.82, 2.24) is 19.9 Å². The molecule has 7 heteroatoms. The van der Waals surface area contributed by atoms with Crippen LogP contribution in [0.25, 0.3) is 10.6 Å². The summed E-state index contributed by atoms with van der Waals surface area (Å²) in [6, 6.07) is 17.1. The van der Waals surface area contributed by atoms with Gasteiger partial charge < -0.3 is 14.6 Å². The van der Waals surface area contributed by atoms with Gasteiger partial charge in [-0.05, 0) is 24.6 Å². The summed E-state index contributed by atoms with van der Waals surface area (Å²) in [6.07, 6.45) is 3.59. The number of aromatic nitrogens is 3. The molecule has 0 saturated heterocycles. The van der Waals surface area contributed by atoms with Crippen molar-refractivity contribution < 1.29 is 9.53 Å². The summed E-state index contributed by atoms with van der Waals surface area (Å²) in [7, 11) is 3.54. The van der Waals surface area contributed by atoms with Crippen molar-refractivity contribution in [3.05, 3.63) is 88.9 Å². The topological polar surface area (TPSA) is 69.0 Å². The number of rotatable bonds is 6. The highest BCUT2D eigenvalue weighted by molar-refractivity contribution is 7.17. The fourth-order valence-electron chi connectivity index (χ4n) is 3.26. The molecule has 2 heterocycles. The molecule has 6 nitrogen and oxygen atoms in total. The first-order chi connectivity index (χ1) is 14.6. The molecule has 0 fully saturated rings. The molecule has 152 valence electrons. The minimum atomic E-state index is -0.398. The van der Waals surface area contributed by atoms with Crippen LogP contribution in [0.5, 0.6) is 5.75 Å². The standard InChI is InChI=1S/C23H22N4O2S/c1-15-20(30-23(25-15)17-7-5-4-6-8-17)22(28)26-19(21-24-13-14-27(21)2)16-9-11-18(29-3)12-10-16/h4-14,19H,1-3H3,(H,26,28). The van der Waals surface area contributed by atoms with Crippen molar-refractivity contribution in [2.75, 3.05) is 7.11 Å². The van der Waals surface area contributed by atoms with Gasteiger partial charge in [0.15, 0.2) is 0 Å². The van der Waals surface area contributed by atoms with Gasteiger partial charge in [-0.3, -0.25) is 4.79 Å². The number of ether oxygens (including phenoxy) is 1. The van der Waals surface area contributed by atoms with E-state index in [1.165, 1.54) is 11.3 Å². The van der Waals surface area contributed by atoms with Gasteiger partial charge in [0.2, 0.25) is 0 Å². The fraction of sp³-hybridized carbons (Fsp3) is 0.174. The summed E-state index contributed by atoms with van der Waals surface area (Å²) in [5, 5.41) is 3.97. The summed E-state index contributed by atoms with van der Waals surface area (Å²) in [6.45, 7) is 1.86. The first-order valence-electron chi connectivity index (χ1n) is 9.51. The van der Waals surface area contributed by atoms with Gasteiger partial charge in [0.05, 0.1) is 12.8 Å². The zero-order chi connectivity index (χ0) is 21.1. The molecule has 0 aliphatic heterocycles. The molecule has 1 amide bonds. The number of hydrogen-bond acceptors (Lipinski definition) is 5. The normalized spacial score (nSPS) is 11.8. The molecule has 4 rings (SSSR count). The quantitative estimate of drug-likeness (QED) is 0.505. The van der Waals surface area contributed by atoms with Crippen molar-refractivity contribution in [2.24, 2.45) is 7.05 Å². The number of carbonyl (C=O) groups is 1. The Morgan fingerprint density at radius 2 is 1.87 bits per heavy atom. The SMILES string of the molecule is COc1ccc(C(NC(=O)c2sc(-c3ccccc3)nc2C)c2nccn2C)cc1. The fourth-order valence-corrected chi connectivity index (χ4v) is 4.23. The van der Waals surface area contributed by atoms with Crippen molar-refractivity contribution in [3.63, 3.8) is 0 Å². The number of methoxy groups -OCH3 is 1. The largest absolute Gasteiger partial charge is 0.497 e. The lowest BCUT2D eigenvalue weighted by molar-refractivity contribution is 0.0944. The van der Waals surface area contributed by atoms with Crippen LogP contribution in [0.4, 0.5) is 0 Å². The van der Waals surface area contributed by atoms with Gasteiger partial charge >= 0.3 is 0 Å². The number of benzene rings is 2. The highest BCUT2D eigenvalue weighted by Gasteiger charge is 2.24. The van der Waals surface area contributed by atoms with Crippen LogP contribution in [-0.2, 0) is 7.05 Å². The van der Waals surface area contributed by atoms with E-state index >= 15 is 0 Å². The second kappa shape index (κ2) is 8.51. The molecule has 0 radical (unpaired) electrons. The number of aryl methyl sites for hydroxylation is 2. The van der Waals surface area contributed by atoms with E-state index in [0.717, 1.165) is 27.7 Å². The van der Waals surface area contributed by atoms with E-state index in [4.69, 9.17) is 4.74 Å². The first-order valence-corrected chi connectivity index (χ1v) is 10.3. The summed E-state index contributed by atoms with van der Waals surface area (Å²) in [5.41, 5.74) is 2.63. The van der Waals surface area contributed by atoms with Crippen molar-refractivity contribution >= 4 is 17.2 Å². The minimum absolute atomic E-state index is 0.170. The molecule has 0 bridgehead atoms. The van der Waals surface area contributed by atoms with Crippen LogP contribution in [-0.4, -0.2) is 27.6 Å². The van der Waals surface area contributed by atoms with E-state index in [2.05, 4.69) is 15.3 Å². The molecule has 0 saturated carbocycles. The predicted octanol–water partition coefficient (Wildman–Crippen LogP) is 4.38. The lowest BCUT2D eigenvalue weighted by Crippen LogP contribution is -2.31. The third kappa shape index (κ3) is 3.97. The highest BCUT2D eigenvalue weighted by atomic mass is 32.1. The van der Waals surface area contributed by atoms with Gasteiger partial charge in [-0.1, -0.05) is 42.5 Å². The molecule has 1 N–H and O–H groups in total. The Balaban J connectivity index is 1.65. The van der Waals surface area contributed by atoms with Gasteiger partial charge in [-0.25, -0.2) is 9.97 Å². The van der Waals surface area contributed by atoms with Crippen molar-refractivity contribution in [3.8, 4) is 16.3 Å². The van der Waals surface area contributed by atoms with Crippen LogP contribution < -0.4 is 10.1 Å². The number of carbonyl (C=O) groups excluding carboxylic acids is 1. The Labute approximate surface area is 179 Å². The van der Waals surface area contributed by atoms with E-state index in [0.29, 0.717) is 10.6 Å². The maximum atomic E-state index is 13.2. The average Bonchev–Trinajstić information content (AvgIpc) is 3.38. The van der Waals surface area contributed by atoms with Gasteiger partial charge in [0.1, 0.15) is 27.5 Å². The van der Waals surface area contributed by atoms with Crippen LogP contribution in [0.2, 0.25) is 0 Å². The zero-order valence-electron chi connectivity index (χ0n) is 17.0. The summed E-state index contributed by atoms with van der Waals surface area (Å²) >= 11 is 1.40. The minimum Gasteiger partial charge on any atom is -0.497 e. The van der Waals surface area contributed by atoms with Crippen LogP contribution in [0.1, 0.15) is 32.8 Å². The van der Waals surface area contributed by atoms with E-state index in [-0.39, 0.29) is 5.91 Å². The van der Waals surface area contributed by atoms with Gasteiger partial charge in [0, 0.05) is 25.0 Å². The number of hydrogen-bond donors (Lipinski definition) is 1. The van der Waals surface area contributed by atoms with E-state index in [9.17, 15) is 4.79 Å². The molecule has 4 aromatic rings. The van der Waals surface area contributed by atoms with Crippen molar-refractivity contribution in [1.29, 1.82) is 0 Å². The number of nitrogens with zero attached hydrogens (tertiary/aromatic N) is 3. The molecule has 1 unspecified atom stereocenters. The molecule has 0 aliphatic rings. The van der Waals surface area contributed by atoms with E-state index in [1.54, 1.807) is 13.3 Å². The second-order valence-electron chi connectivity index (χ2n) is 6.88. The van der Waals surface area contributed by atoms with E-state index < -0.39 is 6.04 Å². The molecule has 2 aromatic carbocycles. The Kier molecular flexibility index (Phi) is 5.63. The number of imidazole rings is 1. The van der Waals surface area contributed by atoms with Gasteiger partial charge in [-0.15, -0.1) is 11.3 Å². The lowest BCUT2D eigenvalue weighted by Gasteiger charge is -2.19. The molecule has 0 spiro atoms. The molecule has 2 aromatic heterocycles. The average molecular weight is 419 g/mol. The first kappa shape index (κ1) is 19.8. The Hall–Kier alpha value is -3.45. The number of amides is 1. The molecular weight excluding hydrogens is 396 g/mol. The van der Waals surface area contributed by atoms with Gasteiger partial charge in [-0.2, -0.15) is 0 Å². The monoisotopic (exact) mass is 418 g/mol. The summed E-state index contributed by atoms with van der Waals surface area (Å²) in [4.78, 5) is 22.9. The molecule has 0 aliphatic carbocycles. The van der Waals surface area contributed by atoms with Crippen LogP contribution >= 0.6 is 11.3 Å². The van der Waals surface area contributed by atoms with Crippen LogP contribution in [0, 0.1) is 6.92 Å². The van der Waals surface area contributed by atoms with E-state index in [1.807, 2.05) is 79.3 Å². The predicted molar refractivity (Wildman–Crippen MR) is 118 cm³/mol. The Morgan fingerprint density at radius 3 is 2.50 bits per heavy atom. The Morgan fingerprint density at radius 1 is 1.13 bits per heavy atom. The van der Waals surface area contributed by atoms with Crippen LogP contribution in [0.15, 0.2) is 67.0 Å². The lowest BCUT2D eigenvalue weighted by atomic mass is 10.1. The Bertz CT molecular complexity index is 1150. The number of nitrogens with one attached hydrogen (secondary N) is 1. The second-order valence-corrected chi connectivity index (χ2v) is 7.87. The highest BCUT2D eigenvalue weighted by Crippen LogP contribution is 2.29. The number of thiazole rings is 1. The zero-order valence-corrected chi connectivity index (χ0v) is 17.8. The maximum absolute atomic E-state index is 13.2. The molecule has 30 heavy (non-hydrogen) atoms. The molecule has 1 atom stereocenters. The summed E-state index contributed by atoms with van der Waals surface area (Å²) < 4.78 is 7.17. The molecular formula is C23H22N4O2S. The van der Waals surface area contributed by atoms with Gasteiger partial charge in [0.25, 0.3) is 5.91 Å². The smallest absolute Gasteiger partial charge is 0.264 e.